The maximum Gasteiger partial charge on any atom is 0.348 e. The molecule has 1 fully saturated rings. The molecule has 0 unspecified atom stereocenters. The zero-order valence-electron chi connectivity index (χ0n) is 11.0. The Kier molecular flexibility index (Phi) is 4.20. The quantitative estimate of drug-likeness (QED) is 0.820. The van der Waals surface area contributed by atoms with Crippen molar-refractivity contribution >= 4 is 11.7 Å². The van der Waals surface area contributed by atoms with Gasteiger partial charge in [0, 0.05) is 12.2 Å². The Hall–Kier alpha value is -1.55. The van der Waals surface area contributed by atoms with Crippen LogP contribution < -0.4 is 4.90 Å². The molecule has 98 valence electrons. The van der Waals surface area contributed by atoms with Gasteiger partial charge in [0.2, 0.25) is 0 Å². The molecule has 0 bridgehead atoms. The Morgan fingerprint density at radius 3 is 2.61 bits per heavy atom. The van der Waals surface area contributed by atoms with E-state index in [0.29, 0.717) is 19.1 Å². The van der Waals surface area contributed by atoms with E-state index in [1.54, 1.807) is 4.90 Å². The van der Waals surface area contributed by atoms with Crippen molar-refractivity contribution in [1.29, 1.82) is 0 Å². The number of urea groups is 1. The van der Waals surface area contributed by atoms with Crippen molar-refractivity contribution in [3.05, 3.63) is 30.3 Å². The summed E-state index contributed by atoms with van der Waals surface area (Å²) in [6, 6.07) is 9.67. The molecule has 0 N–H and O–H groups in total. The lowest BCUT2D eigenvalue weighted by molar-refractivity contribution is -0.128. The van der Waals surface area contributed by atoms with Crippen molar-refractivity contribution in [2.24, 2.45) is 5.92 Å². The molecule has 1 aliphatic heterocycles. The molecule has 1 aromatic carbocycles. The van der Waals surface area contributed by atoms with Crippen molar-refractivity contribution in [3.8, 4) is 0 Å². The molecule has 0 radical (unpaired) electrons. The number of benzene rings is 1. The lowest BCUT2D eigenvalue weighted by Gasteiger charge is -2.34. The van der Waals surface area contributed by atoms with Crippen molar-refractivity contribution < 1.29 is 9.63 Å². The summed E-state index contributed by atoms with van der Waals surface area (Å²) in [6.45, 7) is 6.15. The molecule has 0 aliphatic carbocycles. The zero-order chi connectivity index (χ0) is 13.0. The minimum atomic E-state index is -0.0619. The van der Waals surface area contributed by atoms with E-state index >= 15 is 0 Å². The van der Waals surface area contributed by atoms with Crippen LogP contribution in [0.25, 0.3) is 0 Å². The van der Waals surface area contributed by atoms with Crippen LogP contribution in [0.15, 0.2) is 30.3 Å². The summed E-state index contributed by atoms with van der Waals surface area (Å²) < 4.78 is 0. The van der Waals surface area contributed by atoms with Crippen LogP contribution in [-0.2, 0) is 4.84 Å². The zero-order valence-corrected chi connectivity index (χ0v) is 11.0. The minimum Gasteiger partial charge on any atom is -0.292 e. The van der Waals surface area contributed by atoms with Crippen LogP contribution >= 0.6 is 0 Å². The smallest absolute Gasteiger partial charge is 0.292 e. The van der Waals surface area contributed by atoms with Gasteiger partial charge in [-0.3, -0.25) is 9.74 Å². The minimum absolute atomic E-state index is 0.0619. The Morgan fingerprint density at radius 1 is 1.22 bits per heavy atom. The van der Waals surface area contributed by atoms with Crippen molar-refractivity contribution in [3.63, 3.8) is 0 Å². The highest BCUT2D eigenvalue weighted by Gasteiger charge is 2.27. The third-order valence-electron chi connectivity index (χ3n) is 2.82. The molecule has 2 rings (SSSR count). The van der Waals surface area contributed by atoms with E-state index in [0.717, 1.165) is 18.7 Å². The summed E-state index contributed by atoms with van der Waals surface area (Å²) in [7, 11) is 0. The van der Waals surface area contributed by atoms with E-state index in [9.17, 15) is 4.79 Å². The Balaban J connectivity index is 2.03. The summed E-state index contributed by atoms with van der Waals surface area (Å²) in [5, 5.41) is 1.48. The molecule has 1 saturated heterocycles. The van der Waals surface area contributed by atoms with Crippen LogP contribution in [-0.4, -0.2) is 30.8 Å². The van der Waals surface area contributed by atoms with Gasteiger partial charge in [0.05, 0.1) is 13.2 Å². The van der Waals surface area contributed by atoms with E-state index in [-0.39, 0.29) is 6.03 Å². The fraction of sp³-hybridized carbons (Fsp3) is 0.500. The van der Waals surface area contributed by atoms with Crippen LogP contribution in [0.1, 0.15) is 20.3 Å². The number of nitrogens with zero attached hydrogens (tertiary/aromatic N) is 2. The summed E-state index contributed by atoms with van der Waals surface area (Å²) in [4.78, 5) is 19.6. The van der Waals surface area contributed by atoms with Crippen molar-refractivity contribution in [2.45, 2.75) is 20.3 Å². The van der Waals surface area contributed by atoms with Crippen LogP contribution in [0.2, 0.25) is 0 Å². The highest BCUT2D eigenvalue weighted by molar-refractivity contribution is 5.91. The normalized spacial score (nSPS) is 16.5. The monoisotopic (exact) mass is 248 g/mol. The highest BCUT2D eigenvalue weighted by Crippen LogP contribution is 2.19. The van der Waals surface area contributed by atoms with Gasteiger partial charge >= 0.3 is 6.03 Å². The number of hydroxylamine groups is 2. The fourth-order valence-electron chi connectivity index (χ4n) is 1.90. The van der Waals surface area contributed by atoms with E-state index in [2.05, 4.69) is 13.8 Å². The first-order valence-corrected chi connectivity index (χ1v) is 6.45. The molecule has 4 heteroatoms. The second kappa shape index (κ2) is 5.87. The highest BCUT2D eigenvalue weighted by atomic mass is 16.7. The second-order valence-corrected chi connectivity index (χ2v) is 4.92. The number of carbonyl (C=O) groups excluding carboxylic acids is 1. The lowest BCUT2D eigenvalue weighted by Crippen LogP contribution is -2.49. The molecule has 4 nitrogen and oxygen atoms in total. The van der Waals surface area contributed by atoms with E-state index in [1.165, 1.54) is 5.06 Å². The molecule has 0 saturated carbocycles. The molecular formula is C14H20N2O2. The SMILES string of the molecule is CC(C)CON1CCCN(c2ccccc2)C1=O. The Morgan fingerprint density at radius 2 is 1.94 bits per heavy atom. The standard InChI is InChI=1S/C14H20N2O2/c1-12(2)11-18-16-10-6-9-15(14(16)17)13-7-4-3-5-8-13/h3-5,7-8,12H,6,9-11H2,1-2H3. The number of rotatable bonds is 4. The average Bonchev–Trinajstić information content (AvgIpc) is 2.38. The first kappa shape index (κ1) is 12.9. The number of amides is 2. The number of hydrogen-bond donors (Lipinski definition) is 0. The third kappa shape index (κ3) is 3.01. The van der Waals surface area contributed by atoms with Crippen LogP contribution in [0.5, 0.6) is 0 Å². The fourth-order valence-corrected chi connectivity index (χ4v) is 1.90. The van der Waals surface area contributed by atoms with Gasteiger partial charge in [0.25, 0.3) is 0 Å². The molecular weight excluding hydrogens is 228 g/mol. The maximum absolute atomic E-state index is 12.3. The van der Waals surface area contributed by atoms with E-state index in [1.807, 2.05) is 30.3 Å². The number of hydrogen-bond acceptors (Lipinski definition) is 2. The van der Waals surface area contributed by atoms with Crippen LogP contribution in [0, 0.1) is 5.92 Å². The molecule has 1 heterocycles. The topological polar surface area (TPSA) is 32.8 Å². The molecule has 0 aromatic heterocycles. The molecule has 1 aromatic rings. The summed E-state index contributed by atoms with van der Waals surface area (Å²) in [5.74, 6) is 0.421. The molecule has 1 aliphatic rings. The Bertz CT molecular complexity index is 392. The van der Waals surface area contributed by atoms with Gasteiger partial charge in [-0.05, 0) is 24.5 Å². The number of carbonyl (C=O) groups is 1. The predicted molar refractivity (Wildman–Crippen MR) is 71.3 cm³/mol. The molecule has 2 amide bonds. The lowest BCUT2D eigenvalue weighted by atomic mass is 10.2. The Labute approximate surface area is 108 Å². The number of anilines is 1. The van der Waals surface area contributed by atoms with Crippen molar-refractivity contribution in [1.82, 2.24) is 5.06 Å². The average molecular weight is 248 g/mol. The first-order valence-electron chi connectivity index (χ1n) is 6.45. The third-order valence-corrected chi connectivity index (χ3v) is 2.82. The maximum atomic E-state index is 12.3. The van der Waals surface area contributed by atoms with Crippen LogP contribution in [0.4, 0.5) is 10.5 Å². The van der Waals surface area contributed by atoms with Crippen molar-refractivity contribution in [2.75, 3.05) is 24.6 Å². The molecule has 0 spiro atoms. The molecule has 18 heavy (non-hydrogen) atoms. The first-order chi connectivity index (χ1) is 8.68. The van der Waals surface area contributed by atoms with Gasteiger partial charge in [-0.15, -0.1) is 0 Å². The largest absolute Gasteiger partial charge is 0.348 e. The summed E-state index contributed by atoms with van der Waals surface area (Å²) >= 11 is 0. The van der Waals surface area contributed by atoms with Gasteiger partial charge in [-0.1, -0.05) is 32.0 Å². The number of para-hydroxylation sites is 1. The van der Waals surface area contributed by atoms with Gasteiger partial charge in [-0.25, -0.2) is 9.86 Å². The summed E-state index contributed by atoms with van der Waals surface area (Å²) in [5.41, 5.74) is 0.931. The van der Waals surface area contributed by atoms with Gasteiger partial charge < -0.3 is 0 Å². The summed E-state index contributed by atoms with van der Waals surface area (Å²) in [6.07, 6.45) is 0.929. The van der Waals surface area contributed by atoms with Gasteiger partial charge in [0.1, 0.15) is 0 Å². The second-order valence-electron chi connectivity index (χ2n) is 4.92. The van der Waals surface area contributed by atoms with Gasteiger partial charge in [0.15, 0.2) is 0 Å². The van der Waals surface area contributed by atoms with E-state index in [4.69, 9.17) is 4.84 Å². The predicted octanol–water partition coefficient (Wildman–Crippen LogP) is 2.91. The van der Waals surface area contributed by atoms with E-state index < -0.39 is 0 Å². The van der Waals surface area contributed by atoms with Crippen LogP contribution in [0.3, 0.4) is 0 Å². The van der Waals surface area contributed by atoms with Gasteiger partial charge in [-0.2, -0.15) is 0 Å². The molecule has 0 atom stereocenters.